The maximum absolute atomic E-state index is 13.7. The van der Waals surface area contributed by atoms with Crippen molar-refractivity contribution in [3.05, 3.63) is 35.1 Å². The van der Waals surface area contributed by atoms with Crippen LogP contribution < -0.4 is 0 Å². The molecule has 1 aromatic rings. The second kappa shape index (κ2) is 5.53. The third-order valence-electron chi connectivity index (χ3n) is 4.47. The van der Waals surface area contributed by atoms with Crippen molar-refractivity contribution < 1.29 is 18.3 Å². The first-order valence-electron chi connectivity index (χ1n) is 6.73. The highest BCUT2D eigenvalue weighted by Gasteiger charge is 2.32. The minimum atomic E-state index is -1.51. The second-order valence-electron chi connectivity index (χ2n) is 5.74. The minimum Gasteiger partial charge on any atom is -0.388 e. The second-order valence-corrected chi connectivity index (χ2v) is 5.74. The van der Waals surface area contributed by atoms with Gasteiger partial charge in [-0.2, -0.15) is 0 Å². The predicted molar refractivity (Wildman–Crippen MR) is 66.9 cm³/mol. The topological polar surface area (TPSA) is 20.2 Å². The van der Waals surface area contributed by atoms with Gasteiger partial charge < -0.3 is 5.11 Å². The largest absolute Gasteiger partial charge is 0.388 e. The molecule has 0 bridgehead atoms. The van der Waals surface area contributed by atoms with Gasteiger partial charge >= 0.3 is 0 Å². The van der Waals surface area contributed by atoms with E-state index in [1.807, 2.05) is 0 Å². The quantitative estimate of drug-likeness (QED) is 0.800. The molecule has 0 aliphatic heterocycles. The SMILES string of the molecule is CC1CCC(C(O)c2ccc(F)c(F)c2F)CC1C. The Kier molecular flexibility index (Phi) is 4.19. The zero-order valence-electron chi connectivity index (χ0n) is 11.2. The van der Waals surface area contributed by atoms with E-state index in [0.717, 1.165) is 31.4 Å². The molecule has 0 saturated heterocycles. The summed E-state index contributed by atoms with van der Waals surface area (Å²) in [6, 6.07) is 2.01. The van der Waals surface area contributed by atoms with Crippen LogP contribution in [0.5, 0.6) is 0 Å². The van der Waals surface area contributed by atoms with Crippen LogP contribution in [0.4, 0.5) is 13.2 Å². The third-order valence-corrected chi connectivity index (χ3v) is 4.47. The van der Waals surface area contributed by atoms with E-state index in [1.54, 1.807) is 0 Å². The summed E-state index contributed by atoms with van der Waals surface area (Å²) >= 11 is 0. The van der Waals surface area contributed by atoms with Crippen LogP contribution in [-0.4, -0.2) is 5.11 Å². The summed E-state index contributed by atoms with van der Waals surface area (Å²) in [7, 11) is 0. The highest BCUT2D eigenvalue weighted by molar-refractivity contribution is 5.23. The van der Waals surface area contributed by atoms with Crippen LogP contribution in [0.2, 0.25) is 0 Å². The van der Waals surface area contributed by atoms with Crippen LogP contribution in [0.15, 0.2) is 12.1 Å². The molecule has 0 spiro atoms. The summed E-state index contributed by atoms with van der Waals surface area (Å²) < 4.78 is 39.7. The number of aliphatic hydroxyl groups excluding tert-OH is 1. The fourth-order valence-electron chi connectivity index (χ4n) is 2.90. The van der Waals surface area contributed by atoms with Gasteiger partial charge in [0.2, 0.25) is 0 Å². The lowest BCUT2D eigenvalue weighted by Gasteiger charge is -2.34. The number of hydrogen-bond donors (Lipinski definition) is 1. The molecule has 1 aliphatic rings. The number of halogens is 3. The van der Waals surface area contributed by atoms with Crippen LogP contribution in [0.1, 0.15) is 44.8 Å². The summed E-state index contributed by atoms with van der Waals surface area (Å²) in [4.78, 5) is 0. The molecule has 106 valence electrons. The monoisotopic (exact) mass is 272 g/mol. The standard InChI is InChI=1S/C15H19F3O/c1-8-3-4-10(7-9(8)2)15(19)11-5-6-12(16)14(18)13(11)17/h5-6,8-10,15,19H,3-4,7H2,1-2H3. The van der Waals surface area contributed by atoms with Gasteiger partial charge in [0.1, 0.15) is 0 Å². The molecule has 19 heavy (non-hydrogen) atoms. The Morgan fingerprint density at radius 3 is 2.37 bits per heavy atom. The van der Waals surface area contributed by atoms with Gasteiger partial charge in [0.25, 0.3) is 0 Å². The smallest absolute Gasteiger partial charge is 0.194 e. The number of hydrogen-bond acceptors (Lipinski definition) is 1. The van der Waals surface area contributed by atoms with Crippen LogP contribution in [0, 0.1) is 35.2 Å². The maximum Gasteiger partial charge on any atom is 0.194 e. The molecule has 0 amide bonds. The van der Waals surface area contributed by atoms with E-state index in [9.17, 15) is 18.3 Å². The van der Waals surface area contributed by atoms with E-state index in [0.29, 0.717) is 11.8 Å². The van der Waals surface area contributed by atoms with Crippen molar-refractivity contribution in [2.24, 2.45) is 17.8 Å². The molecule has 2 rings (SSSR count). The van der Waals surface area contributed by atoms with Crippen molar-refractivity contribution in [1.82, 2.24) is 0 Å². The average Bonchev–Trinajstić information content (AvgIpc) is 2.39. The Labute approximate surface area is 111 Å². The van der Waals surface area contributed by atoms with Crippen LogP contribution in [0.3, 0.4) is 0 Å². The number of aliphatic hydroxyl groups is 1. The van der Waals surface area contributed by atoms with Gasteiger partial charge in [-0.15, -0.1) is 0 Å². The fraction of sp³-hybridized carbons (Fsp3) is 0.600. The van der Waals surface area contributed by atoms with Gasteiger partial charge in [-0.25, -0.2) is 13.2 Å². The first kappa shape index (κ1) is 14.4. The lowest BCUT2D eigenvalue weighted by atomic mass is 9.73. The van der Waals surface area contributed by atoms with E-state index >= 15 is 0 Å². The molecule has 0 aromatic heterocycles. The van der Waals surface area contributed by atoms with Gasteiger partial charge in [-0.05, 0) is 36.7 Å². The molecule has 1 nitrogen and oxygen atoms in total. The van der Waals surface area contributed by atoms with Crippen LogP contribution in [-0.2, 0) is 0 Å². The molecular formula is C15H19F3O. The summed E-state index contributed by atoms with van der Waals surface area (Å²) in [5, 5.41) is 10.2. The maximum atomic E-state index is 13.7. The highest BCUT2D eigenvalue weighted by Crippen LogP contribution is 2.40. The lowest BCUT2D eigenvalue weighted by Crippen LogP contribution is -2.25. The first-order valence-corrected chi connectivity index (χ1v) is 6.73. The van der Waals surface area contributed by atoms with E-state index in [-0.39, 0.29) is 11.5 Å². The molecule has 1 aliphatic carbocycles. The zero-order chi connectivity index (χ0) is 14.2. The van der Waals surface area contributed by atoms with Gasteiger partial charge in [-0.1, -0.05) is 26.3 Å². The molecule has 1 N–H and O–H groups in total. The normalized spacial score (nSPS) is 29.3. The third kappa shape index (κ3) is 2.78. The molecular weight excluding hydrogens is 253 g/mol. The van der Waals surface area contributed by atoms with Gasteiger partial charge in [-0.3, -0.25) is 0 Å². The van der Waals surface area contributed by atoms with E-state index in [1.165, 1.54) is 0 Å². The highest BCUT2D eigenvalue weighted by atomic mass is 19.2. The zero-order valence-corrected chi connectivity index (χ0v) is 11.2. The Hall–Kier alpha value is -1.03. The van der Waals surface area contributed by atoms with Gasteiger partial charge in [0, 0.05) is 5.56 Å². The molecule has 4 unspecified atom stereocenters. The van der Waals surface area contributed by atoms with Gasteiger partial charge in [0.05, 0.1) is 6.10 Å². The summed E-state index contributed by atoms with van der Waals surface area (Å²) in [5.74, 6) is -3.06. The number of rotatable bonds is 2. The van der Waals surface area contributed by atoms with Crippen molar-refractivity contribution in [2.45, 2.75) is 39.2 Å². The average molecular weight is 272 g/mol. The first-order chi connectivity index (χ1) is 8.91. The van der Waals surface area contributed by atoms with Crippen molar-refractivity contribution in [1.29, 1.82) is 0 Å². The van der Waals surface area contributed by atoms with Crippen molar-refractivity contribution in [3.63, 3.8) is 0 Å². The van der Waals surface area contributed by atoms with Crippen molar-refractivity contribution in [2.75, 3.05) is 0 Å². The molecule has 1 saturated carbocycles. The summed E-state index contributed by atoms with van der Waals surface area (Å²) in [6.07, 6.45) is 1.46. The Bertz CT molecular complexity index is 461. The Balaban J connectivity index is 2.20. The molecule has 4 atom stereocenters. The van der Waals surface area contributed by atoms with Crippen molar-refractivity contribution in [3.8, 4) is 0 Å². The number of benzene rings is 1. The molecule has 0 heterocycles. The summed E-state index contributed by atoms with van der Waals surface area (Å²) in [5.41, 5.74) is -0.134. The van der Waals surface area contributed by atoms with E-state index in [4.69, 9.17) is 0 Å². The van der Waals surface area contributed by atoms with Crippen molar-refractivity contribution >= 4 is 0 Å². The fourth-order valence-corrected chi connectivity index (χ4v) is 2.90. The Morgan fingerprint density at radius 2 is 1.74 bits per heavy atom. The van der Waals surface area contributed by atoms with E-state index in [2.05, 4.69) is 13.8 Å². The molecule has 0 radical (unpaired) electrons. The molecule has 1 aromatic carbocycles. The molecule has 4 heteroatoms. The molecule has 1 fully saturated rings. The van der Waals surface area contributed by atoms with Gasteiger partial charge in [0.15, 0.2) is 17.5 Å². The van der Waals surface area contributed by atoms with E-state index < -0.39 is 23.6 Å². The Morgan fingerprint density at radius 1 is 1.05 bits per heavy atom. The van der Waals surface area contributed by atoms with Crippen LogP contribution in [0.25, 0.3) is 0 Å². The predicted octanol–water partition coefficient (Wildman–Crippen LogP) is 4.21. The lowest BCUT2D eigenvalue weighted by molar-refractivity contribution is 0.0530. The summed E-state index contributed by atoms with van der Waals surface area (Å²) in [6.45, 7) is 4.26. The minimum absolute atomic E-state index is 0.0921. The van der Waals surface area contributed by atoms with Crippen LogP contribution >= 0.6 is 0 Å².